The summed E-state index contributed by atoms with van der Waals surface area (Å²) in [6.45, 7) is 0. The Morgan fingerprint density at radius 2 is 2.00 bits per heavy atom. The fourth-order valence-corrected chi connectivity index (χ4v) is 3.73. The number of nitrogens with zero attached hydrogens (tertiary/aromatic N) is 1. The van der Waals surface area contributed by atoms with Gasteiger partial charge in [-0.25, -0.2) is 0 Å². The molecule has 0 bridgehead atoms. The highest BCUT2D eigenvalue weighted by molar-refractivity contribution is 6.08. The second kappa shape index (κ2) is 6.75. The van der Waals surface area contributed by atoms with Crippen molar-refractivity contribution in [1.82, 2.24) is 10.3 Å². The lowest BCUT2D eigenvalue weighted by molar-refractivity contribution is -0.137. The summed E-state index contributed by atoms with van der Waals surface area (Å²) in [5.74, 6) is -1.98. The average molecular weight is 363 g/mol. The number of fused-ring (bicyclic) bond motifs is 1. The van der Waals surface area contributed by atoms with E-state index in [1.807, 2.05) is 0 Å². The minimum Gasteiger partial charge on any atom is -0.322 e. The number of aromatic nitrogens is 1. The normalized spacial score (nSPS) is 21.6. The smallest absolute Gasteiger partial charge is 0.257 e. The molecule has 2 heterocycles. The fourth-order valence-electron chi connectivity index (χ4n) is 3.73. The topological polar surface area (TPSA) is 105 Å². The third kappa shape index (κ3) is 3.23. The van der Waals surface area contributed by atoms with E-state index >= 15 is 0 Å². The zero-order valence-corrected chi connectivity index (χ0v) is 14.4. The third-order valence-electron chi connectivity index (χ3n) is 5.10. The number of rotatable bonds is 3. The summed E-state index contributed by atoms with van der Waals surface area (Å²) >= 11 is 0. The Kier molecular flexibility index (Phi) is 4.27. The van der Waals surface area contributed by atoms with Gasteiger partial charge in [-0.3, -0.25) is 29.5 Å². The van der Waals surface area contributed by atoms with Crippen molar-refractivity contribution in [2.45, 2.75) is 19.3 Å². The van der Waals surface area contributed by atoms with Crippen LogP contribution in [-0.4, -0.2) is 28.5 Å². The highest BCUT2D eigenvalue weighted by atomic mass is 16.2. The molecule has 1 saturated heterocycles. The average Bonchev–Trinajstić information content (AvgIpc) is 2.98. The molecule has 1 aliphatic carbocycles. The molecule has 2 aromatic rings. The summed E-state index contributed by atoms with van der Waals surface area (Å²) < 4.78 is 0. The van der Waals surface area contributed by atoms with Crippen LogP contribution in [0.1, 0.15) is 39.1 Å². The first-order valence-corrected chi connectivity index (χ1v) is 8.75. The molecule has 2 atom stereocenters. The number of nitrogens with one attached hydrogen (secondary N) is 2. The van der Waals surface area contributed by atoms with Gasteiger partial charge in [-0.05, 0) is 48.7 Å². The molecule has 136 valence electrons. The number of imide groups is 1. The van der Waals surface area contributed by atoms with Crippen LogP contribution in [0.15, 0.2) is 42.7 Å². The van der Waals surface area contributed by atoms with Crippen molar-refractivity contribution in [3.63, 3.8) is 0 Å². The molecule has 1 aromatic carbocycles. The van der Waals surface area contributed by atoms with Crippen LogP contribution in [0.5, 0.6) is 0 Å². The Morgan fingerprint density at radius 1 is 1.15 bits per heavy atom. The van der Waals surface area contributed by atoms with Crippen LogP contribution < -0.4 is 10.6 Å². The van der Waals surface area contributed by atoms with Crippen LogP contribution in [0.3, 0.4) is 0 Å². The number of anilines is 1. The maximum absolute atomic E-state index is 12.7. The van der Waals surface area contributed by atoms with E-state index in [0.29, 0.717) is 29.7 Å². The largest absolute Gasteiger partial charge is 0.322 e. The number of ketones is 1. The van der Waals surface area contributed by atoms with Gasteiger partial charge in [-0.15, -0.1) is 0 Å². The summed E-state index contributed by atoms with van der Waals surface area (Å²) in [4.78, 5) is 52.3. The van der Waals surface area contributed by atoms with Gasteiger partial charge in [0.25, 0.3) is 5.91 Å². The highest BCUT2D eigenvalue weighted by Gasteiger charge is 2.41. The van der Waals surface area contributed by atoms with Crippen LogP contribution in [0.2, 0.25) is 0 Å². The van der Waals surface area contributed by atoms with Gasteiger partial charge in [0.2, 0.25) is 11.8 Å². The van der Waals surface area contributed by atoms with Gasteiger partial charge in [0.1, 0.15) is 0 Å². The van der Waals surface area contributed by atoms with Crippen molar-refractivity contribution in [1.29, 1.82) is 0 Å². The zero-order chi connectivity index (χ0) is 19.0. The second-order valence-corrected chi connectivity index (χ2v) is 6.80. The van der Waals surface area contributed by atoms with Gasteiger partial charge in [-0.1, -0.05) is 0 Å². The van der Waals surface area contributed by atoms with Crippen LogP contribution in [0.25, 0.3) is 0 Å². The highest BCUT2D eigenvalue weighted by Crippen LogP contribution is 2.36. The Morgan fingerprint density at radius 3 is 2.74 bits per heavy atom. The van der Waals surface area contributed by atoms with E-state index in [4.69, 9.17) is 0 Å². The Hall–Kier alpha value is -3.35. The first kappa shape index (κ1) is 17.1. The molecule has 1 aromatic heterocycles. The lowest BCUT2D eigenvalue weighted by Gasteiger charge is -2.24. The van der Waals surface area contributed by atoms with Gasteiger partial charge >= 0.3 is 0 Å². The third-order valence-corrected chi connectivity index (χ3v) is 5.10. The monoisotopic (exact) mass is 363 g/mol. The molecule has 7 heteroatoms. The molecule has 0 spiro atoms. The number of carbonyl (C=O) groups excluding carboxylic acids is 4. The van der Waals surface area contributed by atoms with E-state index in [2.05, 4.69) is 15.6 Å². The number of benzene rings is 1. The molecule has 4 rings (SSSR count). The summed E-state index contributed by atoms with van der Waals surface area (Å²) in [6, 6.07) is 8.48. The van der Waals surface area contributed by atoms with Gasteiger partial charge in [-0.2, -0.15) is 0 Å². The Balaban J connectivity index is 1.52. The maximum Gasteiger partial charge on any atom is 0.257 e. The molecular formula is C20H17N3O4. The number of amides is 3. The molecule has 3 amide bonds. The predicted octanol–water partition coefficient (Wildman–Crippen LogP) is 1.74. The fraction of sp³-hybridized carbons (Fsp3) is 0.250. The standard InChI is InChI=1S/C20H17N3O4/c24-17-6-5-15(20(27)23-17)16-9-12-8-13(3-4-14(12)18(16)25)22-19(26)11-2-1-7-21-10-11/h1-4,7-8,10,15-16H,5-6,9H2,(H,22,26)(H,23,24,27). The quantitative estimate of drug-likeness (QED) is 0.808. The van der Waals surface area contributed by atoms with Crippen LogP contribution in [-0.2, 0) is 16.0 Å². The molecule has 7 nitrogen and oxygen atoms in total. The van der Waals surface area contributed by atoms with E-state index in [1.165, 1.54) is 6.20 Å². The van der Waals surface area contributed by atoms with Gasteiger partial charge in [0.15, 0.2) is 5.78 Å². The Bertz CT molecular complexity index is 955. The minimum atomic E-state index is -0.490. The first-order chi connectivity index (χ1) is 13.0. The SMILES string of the molecule is O=C1CCC(C2Cc3cc(NC(=O)c4cccnc4)ccc3C2=O)C(=O)N1. The second-order valence-electron chi connectivity index (χ2n) is 6.80. The van der Waals surface area contributed by atoms with Crippen molar-refractivity contribution < 1.29 is 19.2 Å². The summed E-state index contributed by atoms with van der Waals surface area (Å²) in [7, 11) is 0. The summed E-state index contributed by atoms with van der Waals surface area (Å²) in [5.41, 5.74) is 2.40. The molecule has 2 aliphatic rings. The molecular weight excluding hydrogens is 346 g/mol. The van der Waals surface area contributed by atoms with Gasteiger partial charge in [0, 0.05) is 41.9 Å². The van der Waals surface area contributed by atoms with E-state index in [-0.39, 0.29) is 29.9 Å². The van der Waals surface area contributed by atoms with E-state index < -0.39 is 11.8 Å². The zero-order valence-electron chi connectivity index (χ0n) is 14.4. The number of pyridine rings is 1. The maximum atomic E-state index is 12.7. The molecule has 0 radical (unpaired) electrons. The van der Waals surface area contributed by atoms with Gasteiger partial charge < -0.3 is 5.32 Å². The van der Waals surface area contributed by atoms with E-state index in [9.17, 15) is 19.2 Å². The van der Waals surface area contributed by atoms with E-state index in [0.717, 1.165) is 5.56 Å². The van der Waals surface area contributed by atoms with Gasteiger partial charge in [0.05, 0.1) is 5.56 Å². The number of Topliss-reactive ketones (excluding diaryl/α,β-unsaturated/α-hetero) is 1. The number of carbonyl (C=O) groups is 4. The summed E-state index contributed by atoms with van der Waals surface area (Å²) in [6.07, 6.45) is 4.14. The summed E-state index contributed by atoms with van der Waals surface area (Å²) in [5, 5.41) is 5.11. The van der Waals surface area contributed by atoms with Crippen LogP contribution >= 0.6 is 0 Å². The molecule has 0 saturated carbocycles. The number of hydrogen-bond acceptors (Lipinski definition) is 5. The number of piperidine rings is 1. The van der Waals surface area contributed by atoms with E-state index in [1.54, 1.807) is 36.5 Å². The predicted molar refractivity (Wildman–Crippen MR) is 96.0 cm³/mol. The lowest BCUT2D eigenvalue weighted by atomic mass is 9.83. The molecule has 2 N–H and O–H groups in total. The van der Waals surface area contributed by atoms with Crippen molar-refractivity contribution in [3.05, 3.63) is 59.4 Å². The molecule has 1 fully saturated rings. The van der Waals surface area contributed by atoms with Crippen LogP contribution in [0.4, 0.5) is 5.69 Å². The van der Waals surface area contributed by atoms with Crippen molar-refractivity contribution >= 4 is 29.2 Å². The molecule has 1 aliphatic heterocycles. The molecule has 27 heavy (non-hydrogen) atoms. The minimum absolute atomic E-state index is 0.0790. The first-order valence-electron chi connectivity index (χ1n) is 8.75. The lowest BCUT2D eigenvalue weighted by Crippen LogP contribution is -2.44. The van der Waals surface area contributed by atoms with Crippen molar-refractivity contribution in [3.8, 4) is 0 Å². The van der Waals surface area contributed by atoms with Crippen molar-refractivity contribution in [2.24, 2.45) is 11.8 Å². The number of hydrogen-bond donors (Lipinski definition) is 2. The Labute approximate surface area is 155 Å². The molecule has 2 unspecified atom stereocenters. The van der Waals surface area contributed by atoms with Crippen LogP contribution in [0, 0.1) is 11.8 Å². The van der Waals surface area contributed by atoms with Crippen molar-refractivity contribution in [2.75, 3.05) is 5.32 Å².